The van der Waals surface area contributed by atoms with Crippen LogP contribution in [0.25, 0.3) is 10.6 Å². The number of thiazole rings is 1. The highest BCUT2D eigenvalue weighted by Crippen LogP contribution is 2.25. The van der Waals surface area contributed by atoms with E-state index in [2.05, 4.69) is 15.3 Å². The molecule has 0 spiro atoms. The maximum atomic E-state index is 11.6. The highest BCUT2D eigenvalue weighted by Gasteiger charge is 2.16. The zero-order valence-corrected chi connectivity index (χ0v) is 14.9. The second-order valence-corrected chi connectivity index (χ2v) is 7.40. The van der Waals surface area contributed by atoms with E-state index < -0.39 is 11.7 Å². The van der Waals surface area contributed by atoms with Crippen molar-refractivity contribution in [2.75, 3.05) is 19.0 Å². The summed E-state index contributed by atoms with van der Waals surface area (Å²) < 4.78 is 5.21. The highest BCUT2D eigenvalue weighted by atomic mass is 32.1. The van der Waals surface area contributed by atoms with Gasteiger partial charge in [0.2, 0.25) is 0 Å². The lowest BCUT2D eigenvalue weighted by Crippen LogP contribution is -2.31. The number of aromatic nitrogens is 2. The Morgan fingerprint density at radius 3 is 2.57 bits per heavy atom. The Bertz CT molecular complexity index is 659. The van der Waals surface area contributed by atoms with Gasteiger partial charge < -0.3 is 15.0 Å². The van der Waals surface area contributed by atoms with Crippen LogP contribution in [0.3, 0.4) is 0 Å². The number of ether oxygens (including phenoxy) is 1. The van der Waals surface area contributed by atoms with Gasteiger partial charge in [0.25, 0.3) is 0 Å². The van der Waals surface area contributed by atoms with Crippen LogP contribution in [0.2, 0.25) is 0 Å². The fourth-order valence-corrected chi connectivity index (χ4v) is 2.62. The van der Waals surface area contributed by atoms with Crippen LogP contribution in [0, 0.1) is 0 Å². The molecule has 0 unspecified atom stereocenters. The van der Waals surface area contributed by atoms with E-state index in [4.69, 9.17) is 4.74 Å². The molecule has 1 N–H and O–H groups in total. The van der Waals surface area contributed by atoms with E-state index >= 15 is 0 Å². The molecule has 0 atom stereocenters. The molecule has 0 aliphatic heterocycles. The number of hydrogen-bond acceptors (Lipinski definition) is 6. The minimum atomic E-state index is -0.497. The third-order valence-corrected chi connectivity index (χ3v) is 3.86. The van der Waals surface area contributed by atoms with E-state index in [1.54, 1.807) is 12.4 Å². The number of carbonyl (C=O) groups is 1. The van der Waals surface area contributed by atoms with Crippen LogP contribution in [0.5, 0.6) is 0 Å². The first-order chi connectivity index (χ1) is 10.7. The average molecular weight is 334 g/mol. The number of hydrogen-bond donors (Lipinski definition) is 1. The molecule has 0 bridgehead atoms. The molecule has 2 aromatic heterocycles. The van der Waals surface area contributed by atoms with Gasteiger partial charge in [0, 0.05) is 36.9 Å². The van der Waals surface area contributed by atoms with Gasteiger partial charge >= 0.3 is 6.09 Å². The number of pyridine rings is 1. The monoisotopic (exact) mass is 334 g/mol. The van der Waals surface area contributed by atoms with Crippen molar-refractivity contribution >= 4 is 23.2 Å². The van der Waals surface area contributed by atoms with Crippen LogP contribution in [0.4, 0.5) is 10.6 Å². The zero-order chi connectivity index (χ0) is 17.0. The molecule has 124 valence electrons. The molecule has 0 fully saturated rings. The lowest BCUT2D eigenvalue weighted by atomic mass is 10.2. The largest absolute Gasteiger partial charge is 0.444 e. The SMILES string of the molecule is CN(C)c1ccc(-c2ncc(CNC(=O)OC(C)(C)C)s2)cn1. The molecule has 0 saturated heterocycles. The van der Waals surface area contributed by atoms with Crippen molar-refractivity contribution in [2.24, 2.45) is 0 Å². The lowest BCUT2D eigenvalue weighted by molar-refractivity contribution is 0.0524. The van der Waals surface area contributed by atoms with E-state index in [9.17, 15) is 4.79 Å². The van der Waals surface area contributed by atoms with E-state index in [-0.39, 0.29) is 0 Å². The molecule has 7 heteroatoms. The molecule has 0 aromatic carbocycles. The quantitative estimate of drug-likeness (QED) is 0.929. The zero-order valence-electron chi connectivity index (χ0n) is 14.1. The molecule has 0 aliphatic rings. The number of amides is 1. The molecule has 0 saturated carbocycles. The molecule has 0 radical (unpaired) electrons. The highest BCUT2D eigenvalue weighted by molar-refractivity contribution is 7.15. The summed E-state index contributed by atoms with van der Waals surface area (Å²) in [5.41, 5.74) is 0.465. The lowest BCUT2D eigenvalue weighted by Gasteiger charge is -2.19. The Labute approximate surface area is 140 Å². The predicted molar refractivity (Wildman–Crippen MR) is 92.7 cm³/mol. The minimum absolute atomic E-state index is 0.399. The Balaban J connectivity index is 1.96. The minimum Gasteiger partial charge on any atom is -0.444 e. The molecule has 1 amide bonds. The van der Waals surface area contributed by atoms with E-state index in [0.29, 0.717) is 6.54 Å². The fourth-order valence-electron chi connectivity index (χ4n) is 1.77. The van der Waals surface area contributed by atoms with Crippen LogP contribution in [0.1, 0.15) is 25.6 Å². The van der Waals surface area contributed by atoms with Gasteiger partial charge in [-0.1, -0.05) is 0 Å². The Morgan fingerprint density at radius 1 is 1.26 bits per heavy atom. The van der Waals surface area contributed by atoms with Crippen LogP contribution in [-0.2, 0) is 11.3 Å². The summed E-state index contributed by atoms with van der Waals surface area (Å²) in [6, 6.07) is 3.95. The van der Waals surface area contributed by atoms with Crippen molar-refractivity contribution in [3.8, 4) is 10.6 Å². The Kier molecular flexibility index (Phi) is 5.20. The number of carbonyl (C=O) groups excluding carboxylic acids is 1. The Hall–Kier alpha value is -2.15. The molecule has 0 aliphatic carbocycles. The van der Waals surface area contributed by atoms with Crippen LogP contribution in [0.15, 0.2) is 24.5 Å². The second-order valence-electron chi connectivity index (χ2n) is 6.29. The summed E-state index contributed by atoms with van der Waals surface area (Å²) >= 11 is 1.53. The first kappa shape index (κ1) is 17.2. The molecule has 23 heavy (non-hydrogen) atoms. The smallest absolute Gasteiger partial charge is 0.407 e. The summed E-state index contributed by atoms with van der Waals surface area (Å²) in [5, 5.41) is 3.61. The maximum absolute atomic E-state index is 11.6. The van der Waals surface area contributed by atoms with Crippen molar-refractivity contribution in [3.05, 3.63) is 29.4 Å². The molecule has 2 heterocycles. The van der Waals surface area contributed by atoms with Crippen molar-refractivity contribution < 1.29 is 9.53 Å². The fraction of sp³-hybridized carbons (Fsp3) is 0.438. The topological polar surface area (TPSA) is 67.4 Å². The van der Waals surface area contributed by atoms with Crippen molar-refractivity contribution in [1.82, 2.24) is 15.3 Å². The summed E-state index contributed by atoms with van der Waals surface area (Å²) in [4.78, 5) is 23.3. The third kappa shape index (κ3) is 5.21. The van der Waals surface area contributed by atoms with Crippen molar-refractivity contribution in [2.45, 2.75) is 32.9 Å². The number of nitrogens with one attached hydrogen (secondary N) is 1. The molecular weight excluding hydrogens is 312 g/mol. The number of nitrogens with zero attached hydrogens (tertiary/aromatic N) is 3. The number of anilines is 1. The van der Waals surface area contributed by atoms with Crippen LogP contribution in [-0.4, -0.2) is 35.8 Å². The van der Waals surface area contributed by atoms with Crippen LogP contribution >= 0.6 is 11.3 Å². The normalized spacial score (nSPS) is 11.2. The maximum Gasteiger partial charge on any atom is 0.407 e. The molecular formula is C16H22N4O2S. The van der Waals surface area contributed by atoms with Gasteiger partial charge in [0.05, 0.1) is 6.54 Å². The second kappa shape index (κ2) is 6.95. The first-order valence-corrected chi connectivity index (χ1v) is 8.11. The van der Waals surface area contributed by atoms with Crippen LogP contribution < -0.4 is 10.2 Å². The van der Waals surface area contributed by atoms with E-state index in [1.807, 2.05) is 51.9 Å². The van der Waals surface area contributed by atoms with Gasteiger partial charge in [-0.05, 0) is 32.9 Å². The van der Waals surface area contributed by atoms with E-state index in [1.165, 1.54) is 11.3 Å². The summed E-state index contributed by atoms with van der Waals surface area (Å²) in [6.07, 6.45) is 3.14. The van der Waals surface area contributed by atoms with Gasteiger partial charge in [-0.3, -0.25) is 0 Å². The van der Waals surface area contributed by atoms with Gasteiger partial charge in [0.15, 0.2) is 0 Å². The predicted octanol–water partition coefficient (Wildman–Crippen LogP) is 3.30. The van der Waals surface area contributed by atoms with E-state index in [0.717, 1.165) is 21.3 Å². The van der Waals surface area contributed by atoms with Gasteiger partial charge in [0.1, 0.15) is 16.4 Å². The van der Waals surface area contributed by atoms with Gasteiger partial charge in [-0.2, -0.15) is 0 Å². The molecule has 6 nitrogen and oxygen atoms in total. The summed E-state index contributed by atoms with van der Waals surface area (Å²) in [5.74, 6) is 0.900. The summed E-state index contributed by atoms with van der Waals surface area (Å²) in [6.45, 7) is 5.90. The van der Waals surface area contributed by atoms with Crippen molar-refractivity contribution in [1.29, 1.82) is 0 Å². The van der Waals surface area contributed by atoms with Crippen molar-refractivity contribution in [3.63, 3.8) is 0 Å². The first-order valence-electron chi connectivity index (χ1n) is 7.30. The van der Waals surface area contributed by atoms with Gasteiger partial charge in [-0.25, -0.2) is 14.8 Å². The third-order valence-electron chi connectivity index (χ3n) is 2.81. The number of alkyl carbamates (subject to hydrolysis) is 1. The Morgan fingerprint density at radius 2 is 2.00 bits per heavy atom. The summed E-state index contributed by atoms with van der Waals surface area (Å²) in [7, 11) is 3.90. The average Bonchev–Trinajstić information content (AvgIpc) is 2.92. The number of rotatable bonds is 4. The van der Waals surface area contributed by atoms with Gasteiger partial charge in [-0.15, -0.1) is 11.3 Å². The molecule has 2 rings (SSSR count). The molecule has 2 aromatic rings. The standard InChI is InChI=1S/C16H22N4O2S/c1-16(2,3)22-15(21)19-10-12-9-18-14(23-12)11-6-7-13(17-8-11)20(4)5/h6-9H,10H2,1-5H3,(H,19,21).